The van der Waals surface area contributed by atoms with E-state index in [1.807, 2.05) is 0 Å². The van der Waals surface area contributed by atoms with Crippen molar-refractivity contribution in [3.8, 4) is 0 Å². The SMILES string of the molecule is C[Si](C)(C)CCOC(=O)N[C@@H](N)c1ccncc1. The lowest BCUT2D eigenvalue weighted by Crippen LogP contribution is -2.35. The number of hydrogen-bond donors (Lipinski definition) is 2. The van der Waals surface area contributed by atoms with Crippen LogP contribution < -0.4 is 11.1 Å². The Morgan fingerprint density at radius 2 is 2.06 bits per heavy atom. The number of nitrogens with one attached hydrogen (secondary N) is 1. The monoisotopic (exact) mass is 267 g/mol. The first-order valence-corrected chi connectivity index (χ1v) is 9.68. The summed E-state index contributed by atoms with van der Waals surface area (Å²) >= 11 is 0. The highest BCUT2D eigenvalue weighted by Gasteiger charge is 2.15. The minimum Gasteiger partial charge on any atom is -0.450 e. The fraction of sp³-hybridized carbons (Fsp3) is 0.500. The lowest BCUT2D eigenvalue weighted by Gasteiger charge is -2.17. The van der Waals surface area contributed by atoms with Gasteiger partial charge in [-0.1, -0.05) is 19.6 Å². The van der Waals surface area contributed by atoms with Crippen molar-refractivity contribution in [2.24, 2.45) is 5.73 Å². The van der Waals surface area contributed by atoms with Gasteiger partial charge in [-0.05, 0) is 23.7 Å². The largest absolute Gasteiger partial charge is 0.450 e. The normalized spacial score (nSPS) is 12.9. The third-order valence-corrected chi connectivity index (χ3v) is 4.13. The number of aromatic nitrogens is 1. The molecule has 5 nitrogen and oxygen atoms in total. The molecule has 0 aliphatic rings. The summed E-state index contributed by atoms with van der Waals surface area (Å²) in [5.74, 6) is 0. The Balaban J connectivity index is 2.32. The van der Waals surface area contributed by atoms with Gasteiger partial charge in [0.15, 0.2) is 0 Å². The Morgan fingerprint density at radius 1 is 1.44 bits per heavy atom. The third kappa shape index (κ3) is 5.79. The van der Waals surface area contributed by atoms with Crippen molar-refractivity contribution >= 4 is 14.2 Å². The van der Waals surface area contributed by atoms with Crippen LogP contribution >= 0.6 is 0 Å². The standard InChI is InChI=1S/C12H21N3O2Si/c1-18(2,3)9-8-17-12(16)15-11(13)10-4-6-14-7-5-10/h4-7,11H,8-9,13H2,1-3H3,(H,15,16)/t11-/m1/s1. The molecule has 1 rings (SSSR count). The number of nitrogens with two attached hydrogens (primary N) is 1. The van der Waals surface area contributed by atoms with Crippen LogP contribution in [0.1, 0.15) is 11.7 Å². The molecule has 0 aliphatic carbocycles. The number of ether oxygens (including phenoxy) is 1. The van der Waals surface area contributed by atoms with Crippen LogP contribution in [0.15, 0.2) is 24.5 Å². The molecule has 18 heavy (non-hydrogen) atoms. The van der Waals surface area contributed by atoms with Crippen LogP contribution in [0.3, 0.4) is 0 Å². The topological polar surface area (TPSA) is 77.2 Å². The minimum absolute atomic E-state index is 0.449. The van der Waals surface area contributed by atoms with Gasteiger partial charge in [-0.25, -0.2) is 4.79 Å². The van der Waals surface area contributed by atoms with E-state index < -0.39 is 20.3 Å². The molecular formula is C12H21N3O2Si. The van der Waals surface area contributed by atoms with E-state index in [0.717, 1.165) is 11.6 Å². The maximum atomic E-state index is 11.5. The van der Waals surface area contributed by atoms with Crippen LogP contribution in [-0.4, -0.2) is 25.8 Å². The molecular weight excluding hydrogens is 246 g/mol. The number of pyridine rings is 1. The van der Waals surface area contributed by atoms with Crippen LogP contribution in [0.25, 0.3) is 0 Å². The van der Waals surface area contributed by atoms with E-state index in [-0.39, 0.29) is 0 Å². The van der Waals surface area contributed by atoms with Crippen molar-refractivity contribution in [2.75, 3.05) is 6.61 Å². The molecule has 1 atom stereocenters. The van der Waals surface area contributed by atoms with Gasteiger partial charge in [0.05, 0.1) is 6.61 Å². The Morgan fingerprint density at radius 3 is 2.61 bits per heavy atom. The van der Waals surface area contributed by atoms with Gasteiger partial charge in [-0.15, -0.1) is 0 Å². The molecule has 6 heteroatoms. The number of rotatable bonds is 5. The third-order valence-electron chi connectivity index (χ3n) is 2.42. The van der Waals surface area contributed by atoms with E-state index in [1.165, 1.54) is 0 Å². The quantitative estimate of drug-likeness (QED) is 0.632. The average Bonchev–Trinajstić information content (AvgIpc) is 2.28. The average molecular weight is 267 g/mol. The lowest BCUT2D eigenvalue weighted by atomic mass is 10.2. The van der Waals surface area contributed by atoms with Crippen molar-refractivity contribution < 1.29 is 9.53 Å². The van der Waals surface area contributed by atoms with E-state index in [9.17, 15) is 4.79 Å². The van der Waals surface area contributed by atoms with Crippen LogP contribution in [0.2, 0.25) is 25.7 Å². The van der Waals surface area contributed by atoms with Crippen LogP contribution in [0, 0.1) is 0 Å². The van der Waals surface area contributed by atoms with E-state index >= 15 is 0 Å². The van der Waals surface area contributed by atoms with Crippen LogP contribution in [-0.2, 0) is 4.74 Å². The van der Waals surface area contributed by atoms with E-state index in [0.29, 0.717) is 6.61 Å². The van der Waals surface area contributed by atoms with E-state index in [1.54, 1.807) is 24.5 Å². The second kappa shape index (κ2) is 6.51. The lowest BCUT2D eigenvalue weighted by molar-refractivity contribution is 0.148. The zero-order valence-electron chi connectivity index (χ0n) is 11.1. The van der Waals surface area contributed by atoms with Gasteiger partial charge in [-0.2, -0.15) is 0 Å². The first-order chi connectivity index (χ1) is 8.38. The Hall–Kier alpha value is -1.40. The highest BCUT2D eigenvalue weighted by Crippen LogP contribution is 2.08. The number of amides is 1. The summed E-state index contributed by atoms with van der Waals surface area (Å²) in [5, 5.41) is 2.59. The van der Waals surface area contributed by atoms with Crippen LogP contribution in [0.4, 0.5) is 4.79 Å². The molecule has 1 heterocycles. The van der Waals surface area contributed by atoms with Crippen molar-refractivity contribution in [1.29, 1.82) is 0 Å². The highest BCUT2D eigenvalue weighted by molar-refractivity contribution is 6.76. The minimum atomic E-state index is -1.17. The van der Waals surface area contributed by atoms with E-state index in [2.05, 4.69) is 29.9 Å². The molecule has 1 amide bonds. The van der Waals surface area contributed by atoms with Gasteiger partial charge in [0.1, 0.15) is 6.17 Å². The fourth-order valence-corrected chi connectivity index (χ4v) is 1.99. The number of alkyl carbamates (subject to hydrolysis) is 1. The fourth-order valence-electron chi connectivity index (χ4n) is 1.27. The Bertz CT molecular complexity index is 379. The molecule has 0 saturated carbocycles. The van der Waals surface area contributed by atoms with Crippen molar-refractivity contribution in [2.45, 2.75) is 31.9 Å². The number of hydrogen-bond acceptors (Lipinski definition) is 4. The predicted octanol–water partition coefficient (Wildman–Crippen LogP) is 2.10. The zero-order chi connectivity index (χ0) is 13.6. The summed E-state index contributed by atoms with van der Waals surface area (Å²) in [6.45, 7) is 7.15. The maximum absolute atomic E-state index is 11.5. The summed E-state index contributed by atoms with van der Waals surface area (Å²) in [6.07, 6.45) is 2.23. The number of carbonyl (C=O) groups excluding carboxylic acids is 1. The maximum Gasteiger partial charge on any atom is 0.408 e. The summed E-state index contributed by atoms with van der Waals surface area (Å²) in [5.41, 5.74) is 6.62. The number of nitrogens with zero attached hydrogens (tertiary/aromatic N) is 1. The highest BCUT2D eigenvalue weighted by atomic mass is 28.3. The molecule has 0 spiro atoms. The van der Waals surface area contributed by atoms with Gasteiger partial charge in [0.2, 0.25) is 0 Å². The van der Waals surface area contributed by atoms with Crippen molar-refractivity contribution in [3.05, 3.63) is 30.1 Å². The summed E-state index contributed by atoms with van der Waals surface area (Å²) < 4.78 is 5.10. The predicted molar refractivity (Wildman–Crippen MR) is 73.8 cm³/mol. The van der Waals surface area contributed by atoms with Crippen molar-refractivity contribution in [3.63, 3.8) is 0 Å². The second-order valence-electron chi connectivity index (χ2n) is 5.35. The molecule has 0 saturated heterocycles. The van der Waals surface area contributed by atoms with Gasteiger partial charge in [-0.3, -0.25) is 4.98 Å². The molecule has 0 radical (unpaired) electrons. The first-order valence-electron chi connectivity index (χ1n) is 5.97. The molecule has 1 aromatic rings. The summed E-state index contributed by atoms with van der Waals surface area (Å²) in [7, 11) is -1.17. The summed E-state index contributed by atoms with van der Waals surface area (Å²) in [6, 6.07) is 4.46. The first kappa shape index (κ1) is 14.7. The molecule has 100 valence electrons. The second-order valence-corrected chi connectivity index (χ2v) is 11.0. The Labute approximate surface area is 109 Å². The zero-order valence-corrected chi connectivity index (χ0v) is 12.1. The van der Waals surface area contributed by atoms with Gasteiger partial charge < -0.3 is 15.8 Å². The van der Waals surface area contributed by atoms with Gasteiger partial charge >= 0.3 is 6.09 Å². The molecule has 3 N–H and O–H groups in total. The molecule has 0 fully saturated rings. The molecule has 1 aromatic heterocycles. The van der Waals surface area contributed by atoms with Crippen LogP contribution in [0.5, 0.6) is 0 Å². The Kier molecular flexibility index (Phi) is 5.30. The molecule has 0 aromatic carbocycles. The molecule has 0 unspecified atom stereocenters. The van der Waals surface area contributed by atoms with Gasteiger partial charge in [0, 0.05) is 20.5 Å². The number of carbonyl (C=O) groups is 1. The van der Waals surface area contributed by atoms with Crippen molar-refractivity contribution in [1.82, 2.24) is 10.3 Å². The van der Waals surface area contributed by atoms with Gasteiger partial charge in [0.25, 0.3) is 0 Å². The molecule has 0 bridgehead atoms. The molecule has 0 aliphatic heterocycles. The smallest absolute Gasteiger partial charge is 0.408 e. The van der Waals surface area contributed by atoms with E-state index in [4.69, 9.17) is 10.5 Å². The summed E-state index contributed by atoms with van der Waals surface area (Å²) in [4.78, 5) is 15.4.